The summed E-state index contributed by atoms with van der Waals surface area (Å²) >= 11 is 0. The second-order valence-corrected chi connectivity index (χ2v) is 3.85. The number of rotatable bonds is 3. The van der Waals surface area contributed by atoms with Gasteiger partial charge in [0.2, 0.25) is 0 Å². The van der Waals surface area contributed by atoms with Gasteiger partial charge in [0.05, 0.1) is 12.8 Å². The van der Waals surface area contributed by atoms with E-state index in [9.17, 15) is 8.78 Å². The minimum Gasteiger partial charge on any atom is -0.494 e. The third-order valence-electron chi connectivity index (χ3n) is 2.75. The third-order valence-corrected chi connectivity index (χ3v) is 2.75. The first-order valence-corrected chi connectivity index (χ1v) is 5.31. The molecular weight excluding hydrogens is 240 g/mol. The van der Waals surface area contributed by atoms with Crippen molar-refractivity contribution in [2.24, 2.45) is 5.84 Å². The molecule has 0 atom stereocenters. The van der Waals surface area contributed by atoms with Crippen LogP contribution in [0.3, 0.4) is 0 Å². The van der Waals surface area contributed by atoms with Gasteiger partial charge in [-0.15, -0.1) is 0 Å². The Morgan fingerprint density at radius 2 is 2.11 bits per heavy atom. The molecule has 0 spiro atoms. The van der Waals surface area contributed by atoms with Gasteiger partial charge in [-0.05, 0) is 24.6 Å². The lowest BCUT2D eigenvalue weighted by atomic mass is 10.1. The molecule has 0 amide bonds. The number of nitrogens with zero attached hydrogens (tertiary/aromatic N) is 1. The number of alkyl halides is 2. The predicted molar refractivity (Wildman–Crippen MR) is 65.8 cm³/mol. The first-order chi connectivity index (χ1) is 8.58. The second-order valence-electron chi connectivity index (χ2n) is 3.85. The van der Waals surface area contributed by atoms with Crippen LogP contribution < -0.4 is 16.0 Å². The zero-order valence-corrected chi connectivity index (χ0v) is 10.00. The summed E-state index contributed by atoms with van der Waals surface area (Å²) in [4.78, 5) is 3.94. The van der Waals surface area contributed by atoms with Crippen molar-refractivity contribution in [3.8, 4) is 5.75 Å². The molecule has 0 saturated heterocycles. The summed E-state index contributed by atoms with van der Waals surface area (Å²) in [6, 6.07) is 4.77. The number of nitrogen functional groups attached to an aromatic ring is 1. The number of pyridine rings is 1. The van der Waals surface area contributed by atoms with Crippen LogP contribution in [0, 0.1) is 6.92 Å². The van der Waals surface area contributed by atoms with Crippen LogP contribution in [0.25, 0.3) is 10.9 Å². The molecule has 18 heavy (non-hydrogen) atoms. The Bertz CT molecular complexity index is 587. The van der Waals surface area contributed by atoms with Gasteiger partial charge < -0.3 is 10.2 Å². The maximum atomic E-state index is 12.8. The molecule has 2 rings (SSSR count). The van der Waals surface area contributed by atoms with Crippen LogP contribution in [0.15, 0.2) is 18.2 Å². The standard InChI is InChI=1S/C12H13F2N3O/c1-6-3-4-9(18-2)11-10(6)7(17-15)5-8(16-11)12(13)14/h3-5,12H,15H2,1-2H3,(H,16,17). The van der Waals surface area contributed by atoms with Gasteiger partial charge in [0, 0.05) is 5.39 Å². The molecular formula is C12H13F2N3O. The van der Waals surface area contributed by atoms with Crippen LogP contribution in [0.5, 0.6) is 5.75 Å². The van der Waals surface area contributed by atoms with E-state index in [4.69, 9.17) is 10.6 Å². The second kappa shape index (κ2) is 4.73. The van der Waals surface area contributed by atoms with Crippen molar-refractivity contribution < 1.29 is 13.5 Å². The van der Waals surface area contributed by atoms with Gasteiger partial charge in [-0.1, -0.05) is 6.07 Å². The van der Waals surface area contributed by atoms with Crippen LogP contribution in [0.1, 0.15) is 17.7 Å². The molecule has 4 nitrogen and oxygen atoms in total. The molecule has 2 aromatic rings. The molecule has 96 valence electrons. The number of anilines is 1. The van der Waals surface area contributed by atoms with Gasteiger partial charge >= 0.3 is 0 Å². The lowest BCUT2D eigenvalue weighted by molar-refractivity contribution is 0.146. The highest BCUT2D eigenvalue weighted by molar-refractivity contribution is 5.97. The fourth-order valence-electron chi connectivity index (χ4n) is 1.90. The summed E-state index contributed by atoms with van der Waals surface area (Å²) in [5, 5.41) is 0.682. The van der Waals surface area contributed by atoms with Crippen LogP contribution in [-0.4, -0.2) is 12.1 Å². The van der Waals surface area contributed by atoms with Crippen molar-refractivity contribution in [1.82, 2.24) is 4.98 Å². The molecule has 0 radical (unpaired) electrons. The van der Waals surface area contributed by atoms with E-state index in [1.807, 2.05) is 13.0 Å². The van der Waals surface area contributed by atoms with Crippen LogP contribution >= 0.6 is 0 Å². The number of halogens is 2. The van der Waals surface area contributed by atoms with E-state index >= 15 is 0 Å². The number of nitrogens with two attached hydrogens (primary N) is 1. The van der Waals surface area contributed by atoms with E-state index in [2.05, 4.69) is 10.4 Å². The number of benzene rings is 1. The molecule has 0 aliphatic carbocycles. The summed E-state index contributed by atoms with van der Waals surface area (Å²) in [7, 11) is 1.47. The minimum absolute atomic E-state index is 0.334. The highest BCUT2D eigenvalue weighted by atomic mass is 19.3. The molecule has 0 aliphatic heterocycles. The van der Waals surface area contributed by atoms with Crippen molar-refractivity contribution >= 4 is 16.6 Å². The van der Waals surface area contributed by atoms with Crippen molar-refractivity contribution in [3.05, 3.63) is 29.5 Å². The van der Waals surface area contributed by atoms with Crippen molar-refractivity contribution in [1.29, 1.82) is 0 Å². The Balaban J connectivity index is 2.86. The van der Waals surface area contributed by atoms with Gasteiger partial charge in [-0.2, -0.15) is 0 Å². The first-order valence-electron chi connectivity index (χ1n) is 5.31. The highest BCUT2D eigenvalue weighted by Crippen LogP contribution is 2.34. The van der Waals surface area contributed by atoms with E-state index in [0.717, 1.165) is 5.56 Å². The van der Waals surface area contributed by atoms with E-state index in [0.29, 0.717) is 22.3 Å². The highest BCUT2D eigenvalue weighted by Gasteiger charge is 2.16. The maximum absolute atomic E-state index is 12.8. The number of aryl methyl sites for hydroxylation is 1. The Kier molecular flexibility index (Phi) is 3.29. The van der Waals surface area contributed by atoms with Gasteiger partial charge in [-0.3, -0.25) is 5.84 Å². The molecule has 6 heteroatoms. The first kappa shape index (κ1) is 12.5. The largest absolute Gasteiger partial charge is 0.494 e. The van der Waals surface area contributed by atoms with Crippen LogP contribution in [-0.2, 0) is 0 Å². The topological polar surface area (TPSA) is 60.2 Å². The Labute approximate surface area is 103 Å². The monoisotopic (exact) mass is 253 g/mol. The Morgan fingerprint density at radius 1 is 1.39 bits per heavy atom. The molecule has 1 aromatic carbocycles. The fraction of sp³-hybridized carbons (Fsp3) is 0.250. The van der Waals surface area contributed by atoms with Gasteiger partial charge in [-0.25, -0.2) is 13.8 Å². The average Bonchev–Trinajstić information content (AvgIpc) is 2.37. The predicted octanol–water partition coefficient (Wildman–Crippen LogP) is 2.78. The summed E-state index contributed by atoms with van der Waals surface area (Å²) in [5.41, 5.74) is 3.76. The number of hydrazine groups is 1. The molecule has 0 bridgehead atoms. The summed E-state index contributed by atoms with van der Waals surface area (Å²) < 4.78 is 30.7. The molecule has 0 aliphatic rings. The van der Waals surface area contributed by atoms with Crippen molar-refractivity contribution in [2.75, 3.05) is 12.5 Å². The SMILES string of the molecule is COc1ccc(C)c2c(NN)cc(C(F)F)nc12. The number of fused-ring (bicyclic) bond motifs is 1. The molecule has 0 saturated carbocycles. The Morgan fingerprint density at radius 3 is 2.67 bits per heavy atom. The van der Waals surface area contributed by atoms with Gasteiger partial charge in [0.15, 0.2) is 0 Å². The molecule has 0 fully saturated rings. The van der Waals surface area contributed by atoms with Crippen LogP contribution in [0.2, 0.25) is 0 Å². The van der Waals surface area contributed by atoms with Crippen LogP contribution in [0.4, 0.5) is 14.5 Å². The Hall–Kier alpha value is -1.95. The van der Waals surface area contributed by atoms with E-state index in [-0.39, 0.29) is 5.69 Å². The minimum atomic E-state index is -2.66. The lowest BCUT2D eigenvalue weighted by Crippen LogP contribution is -2.09. The number of hydrogen-bond acceptors (Lipinski definition) is 4. The number of aromatic nitrogens is 1. The molecule has 0 unspecified atom stereocenters. The van der Waals surface area contributed by atoms with E-state index in [1.54, 1.807) is 6.07 Å². The maximum Gasteiger partial charge on any atom is 0.280 e. The molecule has 3 N–H and O–H groups in total. The lowest BCUT2D eigenvalue weighted by Gasteiger charge is -2.13. The molecule has 1 aromatic heterocycles. The van der Waals surface area contributed by atoms with E-state index < -0.39 is 6.43 Å². The summed E-state index contributed by atoms with van der Waals surface area (Å²) in [6.45, 7) is 1.85. The smallest absolute Gasteiger partial charge is 0.280 e. The number of nitrogens with one attached hydrogen (secondary N) is 1. The normalized spacial score (nSPS) is 11.0. The zero-order chi connectivity index (χ0) is 13.3. The zero-order valence-electron chi connectivity index (χ0n) is 10.00. The van der Waals surface area contributed by atoms with Gasteiger partial charge in [0.1, 0.15) is 17.0 Å². The quantitative estimate of drug-likeness (QED) is 0.652. The molecule has 1 heterocycles. The average molecular weight is 253 g/mol. The van der Waals surface area contributed by atoms with Crippen molar-refractivity contribution in [3.63, 3.8) is 0 Å². The number of hydrogen-bond donors (Lipinski definition) is 2. The van der Waals surface area contributed by atoms with Crippen molar-refractivity contribution in [2.45, 2.75) is 13.3 Å². The van der Waals surface area contributed by atoms with Gasteiger partial charge in [0.25, 0.3) is 6.43 Å². The third kappa shape index (κ3) is 1.95. The number of ether oxygens (including phenoxy) is 1. The summed E-state index contributed by atoms with van der Waals surface area (Å²) in [6.07, 6.45) is -2.66. The van der Waals surface area contributed by atoms with E-state index in [1.165, 1.54) is 13.2 Å². The summed E-state index contributed by atoms with van der Waals surface area (Å²) in [5.74, 6) is 5.82. The fourth-order valence-corrected chi connectivity index (χ4v) is 1.90. The number of methoxy groups -OCH3 is 1.